The van der Waals surface area contributed by atoms with Crippen molar-refractivity contribution in [2.75, 3.05) is 18.1 Å². The molecule has 0 atom stereocenters. The second-order valence-corrected chi connectivity index (χ2v) is 6.56. The summed E-state index contributed by atoms with van der Waals surface area (Å²) in [7, 11) is 0. The molecule has 0 aliphatic carbocycles. The molecule has 0 unspecified atom stereocenters. The summed E-state index contributed by atoms with van der Waals surface area (Å²) in [4.78, 5) is 25.8. The van der Waals surface area contributed by atoms with E-state index in [2.05, 4.69) is 15.9 Å². The molecule has 0 radical (unpaired) electrons. The number of amides is 1. The number of ketones is 1. The van der Waals surface area contributed by atoms with Crippen molar-refractivity contribution < 1.29 is 14.3 Å². The van der Waals surface area contributed by atoms with Crippen LogP contribution in [0.25, 0.3) is 0 Å². The van der Waals surface area contributed by atoms with Crippen molar-refractivity contribution in [1.29, 1.82) is 0 Å². The van der Waals surface area contributed by atoms with Gasteiger partial charge < -0.3 is 9.64 Å². The van der Waals surface area contributed by atoms with Crippen LogP contribution in [0.4, 0.5) is 5.69 Å². The van der Waals surface area contributed by atoms with Crippen molar-refractivity contribution in [2.45, 2.75) is 6.92 Å². The highest BCUT2D eigenvalue weighted by Crippen LogP contribution is 2.34. The number of carbonyl (C=O) groups excluding carboxylic acids is 2. The molecule has 2 aromatic carbocycles. The topological polar surface area (TPSA) is 46.6 Å². The van der Waals surface area contributed by atoms with E-state index in [0.717, 1.165) is 10.0 Å². The smallest absolute Gasteiger partial charge is 0.299 e. The average Bonchev–Trinajstić information content (AvgIpc) is 2.74. The number of fused-ring (bicyclic) bond motifs is 1. The van der Waals surface area contributed by atoms with Gasteiger partial charge in [-0.2, -0.15) is 0 Å². The first kappa shape index (κ1) is 16.0. The van der Waals surface area contributed by atoms with E-state index in [4.69, 9.17) is 16.3 Å². The standard InChI is InChI=1S/C17H13BrClNO3/c1-10-8-11(18)9-14-15(10)20(17(22)16(14)21)6-7-23-13-4-2-12(19)3-5-13/h2-5,8-9H,6-7H2,1H3. The van der Waals surface area contributed by atoms with Crippen LogP contribution in [0.3, 0.4) is 0 Å². The molecule has 0 saturated heterocycles. The molecule has 23 heavy (non-hydrogen) atoms. The Morgan fingerprint density at radius 3 is 2.57 bits per heavy atom. The van der Waals surface area contributed by atoms with Gasteiger partial charge >= 0.3 is 0 Å². The number of hydrogen-bond acceptors (Lipinski definition) is 3. The van der Waals surface area contributed by atoms with E-state index < -0.39 is 11.7 Å². The summed E-state index contributed by atoms with van der Waals surface area (Å²) in [6.07, 6.45) is 0. The second kappa shape index (κ2) is 6.34. The van der Waals surface area contributed by atoms with Crippen molar-refractivity contribution in [3.8, 4) is 5.75 Å². The quantitative estimate of drug-likeness (QED) is 0.736. The van der Waals surface area contributed by atoms with Gasteiger partial charge in [0.1, 0.15) is 12.4 Å². The van der Waals surface area contributed by atoms with Crippen LogP contribution in [0.5, 0.6) is 5.75 Å². The molecule has 2 aromatic rings. The van der Waals surface area contributed by atoms with Gasteiger partial charge in [0, 0.05) is 9.50 Å². The first-order chi connectivity index (χ1) is 11.0. The van der Waals surface area contributed by atoms with Crippen molar-refractivity contribution >= 4 is 44.9 Å². The number of aryl methyl sites for hydroxylation is 1. The van der Waals surface area contributed by atoms with Gasteiger partial charge in [-0.1, -0.05) is 27.5 Å². The average molecular weight is 395 g/mol. The van der Waals surface area contributed by atoms with Gasteiger partial charge in [-0.25, -0.2) is 0 Å². The first-order valence-corrected chi connectivity index (χ1v) is 8.19. The van der Waals surface area contributed by atoms with Gasteiger partial charge in [-0.05, 0) is 48.9 Å². The predicted molar refractivity (Wildman–Crippen MR) is 92.5 cm³/mol. The van der Waals surface area contributed by atoms with E-state index in [1.165, 1.54) is 4.90 Å². The summed E-state index contributed by atoms with van der Waals surface area (Å²) in [5, 5.41) is 0.632. The number of hydrogen-bond donors (Lipinski definition) is 0. The maximum Gasteiger partial charge on any atom is 0.299 e. The molecular formula is C17H13BrClNO3. The zero-order valence-corrected chi connectivity index (χ0v) is 14.6. The van der Waals surface area contributed by atoms with E-state index in [1.807, 2.05) is 13.0 Å². The Labute approximate surface area is 147 Å². The van der Waals surface area contributed by atoms with E-state index >= 15 is 0 Å². The molecule has 1 amide bonds. The zero-order valence-electron chi connectivity index (χ0n) is 12.3. The monoisotopic (exact) mass is 393 g/mol. The lowest BCUT2D eigenvalue weighted by atomic mass is 10.1. The Morgan fingerprint density at radius 1 is 1.17 bits per heavy atom. The fourth-order valence-electron chi connectivity index (χ4n) is 2.61. The van der Waals surface area contributed by atoms with Gasteiger partial charge in [-0.15, -0.1) is 0 Å². The van der Waals surface area contributed by atoms with E-state index in [-0.39, 0.29) is 6.61 Å². The predicted octanol–water partition coefficient (Wildman–Crippen LogP) is 4.02. The third-order valence-electron chi connectivity index (χ3n) is 3.62. The van der Waals surface area contributed by atoms with Gasteiger partial charge in [0.2, 0.25) is 0 Å². The lowest BCUT2D eigenvalue weighted by molar-refractivity contribution is -0.114. The molecule has 0 aromatic heterocycles. The van der Waals surface area contributed by atoms with Crippen LogP contribution < -0.4 is 9.64 Å². The van der Waals surface area contributed by atoms with Crippen LogP contribution in [0.2, 0.25) is 5.02 Å². The minimum Gasteiger partial charge on any atom is -0.492 e. The summed E-state index contributed by atoms with van der Waals surface area (Å²) < 4.78 is 6.40. The molecule has 0 N–H and O–H groups in total. The van der Waals surface area contributed by atoms with E-state index in [9.17, 15) is 9.59 Å². The molecule has 1 aliphatic rings. The Balaban J connectivity index is 1.75. The molecule has 3 rings (SSSR count). The molecular weight excluding hydrogens is 382 g/mol. The Kier molecular flexibility index (Phi) is 4.41. The first-order valence-electron chi connectivity index (χ1n) is 7.02. The van der Waals surface area contributed by atoms with Crippen LogP contribution in [-0.4, -0.2) is 24.8 Å². The third kappa shape index (κ3) is 3.12. The highest BCUT2D eigenvalue weighted by molar-refractivity contribution is 9.10. The highest BCUT2D eigenvalue weighted by Gasteiger charge is 2.37. The van der Waals surface area contributed by atoms with Crippen molar-refractivity contribution in [3.63, 3.8) is 0 Å². The number of carbonyl (C=O) groups is 2. The summed E-state index contributed by atoms with van der Waals surface area (Å²) in [6, 6.07) is 10.6. The number of rotatable bonds is 4. The molecule has 0 saturated carbocycles. The molecule has 1 heterocycles. The summed E-state index contributed by atoms with van der Waals surface area (Å²) in [6.45, 7) is 2.47. The number of nitrogens with zero attached hydrogens (tertiary/aromatic N) is 1. The van der Waals surface area contributed by atoms with Gasteiger partial charge in [0.15, 0.2) is 0 Å². The van der Waals surface area contributed by atoms with E-state index in [1.54, 1.807) is 30.3 Å². The van der Waals surface area contributed by atoms with Crippen molar-refractivity contribution in [2.24, 2.45) is 0 Å². The minimum absolute atomic E-state index is 0.287. The molecule has 118 valence electrons. The van der Waals surface area contributed by atoms with Crippen molar-refractivity contribution in [3.05, 3.63) is 57.0 Å². The lowest BCUT2D eigenvalue weighted by Gasteiger charge is -2.19. The van der Waals surface area contributed by atoms with Gasteiger partial charge in [0.25, 0.3) is 11.7 Å². The molecule has 0 spiro atoms. The number of benzene rings is 2. The molecule has 0 bridgehead atoms. The van der Waals surface area contributed by atoms with Gasteiger partial charge in [0.05, 0.1) is 17.8 Å². The minimum atomic E-state index is -0.513. The Bertz CT molecular complexity index is 789. The zero-order chi connectivity index (χ0) is 16.6. The third-order valence-corrected chi connectivity index (χ3v) is 4.33. The number of halogens is 2. The fraction of sp³-hybridized carbons (Fsp3) is 0.176. The van der Waals surface area contributed by atoms with Crippen LogP contribution in [0.1, 0.15) is 15.9 Å². The largest absolute Gasteiger partial charge is 0.492 e. The maximum atomic E-state index is 12.2. The van der Waals surface area contributed by atoms with Crippen LogP contribution in [0.15, 0.2) is 40.9 Å². The summed E-state index contributed by atoms with van der Waals surface area (Å²) in [5.74, 6) is -0.322. The fourth-order valence-corrected chi connectivity index (χ4v) is 3.30. The second-order valence-electron chi connectivity index (χ2n) is 5.21. The number of ether oxygens (including phenoxy) is 1. The van der Waals surface area contributed by atoms with Crippen LogP contribution in [-0.2, 0) is 4.79 Å². The summed E-state index contributed by atoms with van der Waals surface area (Å²) in [5.41, 5.74) is 1.98. The van der Waals surface area contributed by atoms with Gasteiger partial charge in [-0.3, -0.25) is 9.59 Å². The SMILES string of the molecule is Cc1cc(Br)cc2c1N(CCOc1ccc(Cl)cc1)C(=O)C2=O. The Hall–Kier alpha value is -1.85. The van der Waals surface area contributed by atoms with Crippen molar-refractivity contribution in [1.82, 2.24) is 0 Å². The number of anilines is 1. The number of Topliss-reactive ketones (excluding diaryl/α,β-unsaturated/α-hetero) is 1. The normalized spacial score (nSPS) is 13.4. The Morgan fingerprint density at radius 2 is 1.87 bits per heavy atom. The van der Waals surface area contributed by atoms with Crippen LogP contribution in [0, 0.1) is 6.92 Å². The highest BCUT2D eigenvalue weighted by atomic mass is 79.9. The van der Waals surface area contributed by atoms with Crippen LogP contribution >= 0.6 is 27.5 Å². The maximum absolute atomic E-state index is 12.2. The van der Waals surface area contributed by atoms with E-state index in [0.29, 0.717) is 28.6 Å². The molecule has 0 fully saturated rings. The summed E-state index contributed by atoms with van der Waals surface area (Å²) >= 11 is 9.18. The molecule has 6 heteroatoms. The lowest BCUT2D eigenvalue weighted by Crippen LogP contribution is -2.33. The molecule has 1 aliphatic heterocycles. The molecule has 4 nitrogen and oxygen atoms in total.